The van der Waals surface area contributed by atoms with Crippen LogP contribution in [0.3, 0.4) is 0 Å². The molecular weight excluding hydrogens is 343 g/mol. The van der Waals surface area contributed by atoms with Gasteiger partial charge < -0.3 is 0 Å². The van der Waals surface area contributed by atoms with Crippen molar-refractivity contribution in [2.45, 2.75) is 5.79 Å². The molecule has 0 bridgehead atoms. The fourth-order valence-electron chi connectivity index (χ4n) is 3.92. The number of ether oxygens (including phenoxy) is 2. The maximum absolute atomic E-state index is 6.20. The van der Waals surface area contributed by atoms with Crippen molar-refractivity contribution in [2.24, 2.45) is 0 Å². The Morgan fingerprint density at radius 1 is 0.870 bits per heavy atom. The van der Waals surface area contributed by atoms with Crippen LogP contribution >= 0.6 is 29.9 Å². The van der Waals surface area contributed by atoms with E-state index in [4.69, 9.17) is 9.47 Å². The Morgan fingerprint density at radius 2 is 1.43 bits per heavy atom. The quantitative estimate of drug-likeness (QED) is 0.621. The first kappa shape index (κ1) is 14.3. The van der Waals surface area contributed by atoms with Gasteiger partial charge in [-0.05, 0) is 0 Å². The Balaban J connectivity index is 1.85. The molecule has 4 heterocycles. The van der Waals surface area contributed by atoms with Crippen LogP contribution < -0.4 is 15.9 Å². The molecule has 2 nitrogen and oxygen atoms in total. The average Bonchev–Trinajstić information content (AvgIpc) is 3.32. The van der Waals surface area contributed by atoms with E-state index in [1.165, 1.54) is 25.7 Å². The Kier molecular flexibility index (Phi) is 3.10. The summed E-state index contributed by atoms with van der Waals surface area (Å²) in [5, 5.41) is 8.74. The summed E-state index contributed by atoms with van der Waals surface area (Å²) >= 11 is 3.55. The molecule has 2 aromatic heterocycles. The summed E-state index contributed by atoms with van der Waals surface area (Å²) in [4.78, 5) is 2.53. The normalized spacial score (nSPS) is 21.8. The summed E-state index contributed by atoms with van der Waals surface area (Å²) in [7, 11) is -1.98. The molecular formula is C18H17O2PS2. The maximum atomic E-state index is 6.20. The molecule has 0 N–H and O–H groups in total. The molecule has 3 aromatic rings. The second kappa shape index (κ2) is 4.98. The van der Waals surface area contributed by atoms with E-state index in [1.807, 2.05) is 0 Å². The van der Waals surface area contributed by atoms with Gasteiger partial charge in [0.15, 0.2) is 0 Å². The zero-order chi connectivity index (χ0) is 15.5. The number of fused-ring (bicyclic) bond motifs is 4. The Hall–Kier alpha value is -1.03. The SMILES string of the molecule is C[PH]1(c2ccccc2)c2ccsc2C2(OCCO2)c2sccc21. The van der Waals surface area contributed by atoms with Crippen LogP contribution in [0.4, 0.5) is 0 Å². The minimum absolute atomic E-state index is 0.645. The first-order chi connectivity index (χ1) is 11.3. The van der Waals surface area contributed by atoms with Gasteiger partial charge in [-0.25, -0.2) is 0 Å². The molecule has 0 atom stereocenters. The summed E-state index contributed by atoms with van der Waals surface area (Å²) < 4.78 is 12.4. The van der Waals surface area contributed by atoms with Crippen LogP contribution in [0, 0.1) is 0 Å². The average molecular weight is 360 g/mol. The molecule has 0 aliphatic carbocycles. The topological polar surface area (TPSA) is 18.5 Å². The molecule has 0 unspecified atom stereocenters. The van der Waals surface area contributed by atoms with Crippen LogP contribution in [0.25, 0.3) is 0 Å². The van der Waals surface area contributed by atoms with Gasteiger partial charge in [-0.2, -0.15) is 0 Å². The van der Waals surface area contributed by atoms with Gasteiger partial charge in [0, 0.05) is 0 Å². The van der Waals surface area contributed by atoms with Crippen molar-refractivity contribution in [2.75, 3.05) is 19.9 Å². The zero-order valence-corrected chi connectivity index (χ0v) is 15.4. The standard InChI is InChI=1S/C18H17O2PS2/c1-21(13-5-3-2-4-6-13)14-7-11-22-16(14)18(19-9-10-20-18)17-15(21)8-12-23-17/h2-8,11-12,21H,9-10H2,1H3. The summed E-state index contributed by atoms with van der Waals surface area (Å²) in [6.07, 6.45) is 0. The molecule has 0 amide bonds. The van der Waals surface area contributed by atoms with E-state index in [0.29, 0.717) is 13.2 Å². The molecule has 1 spiro atoms. The van der Waals surface area contributed by atoms with E-state index < -0.39 is 13.0 Å². The first-order valence-electron chi connectivity index (χ1n) is 7.77. The number of hydrogen-bond acceptors (Lipinski definition) is 4. The summed E-state index contributed by atoms with van der Waals surface area (Å²) in [5.41, 5.74) is 0. The van der Waals surface area contributed by atoms with Crippen LogP contribution in [0.1, 0.15) is 9.75 Å². The Labute approximate surface area is 144 Å². The minimum atomic E-state index is -1.98. The number of thiophene rings is 2. The van der Waals surface area contributed by atoms with Crippen molar-refractivity contribution >= 4 is 45.8 Å². The van der Waals surface area contributed by atoms with Crippen molar-refractivity contribution in [3.63, 3.8) is 0 Å². The van der Waals surface area contributed by atoms with Gasteiger partial charge in [0.1, 0.15) is 0 Å². The van der Waals surface area contributed by atoms with Gasteiger partial charge in [0.2, 0.25) is 0 Å². The first-order valence-corrected chi connectivity index (χ1v) is 12.0. The van der Waals surface area contributed by atoms with Gasteiger partial charge in [0.25, 0.3) is 0 Å². The van der Waals surface area contributed by atoms with Crippen molar-refractivity contribution in [3.05, 3.63) is 63.0 Å². The van der Waals surface area contributed by atoms with Crippen LogP contribution in [-0.2, 0) is 15.3 Å². The van der Waals surface area contributed by atoms with Crippen molar-refractivity contribution in [1.29, 1.82) is 0 Å². The fraction of sp³-hybridized carbons (Fsp3) is 0.222. The predicted octanol–water partition coefficient (Wildman–Crippen LogP) is 3.03. The third-order valence-electron chi connectivity index (χ3n) is 5.05. The van der Waals surface area contributed by atoms with E-state index in [0.717, 1.165) is 0 Å². The molecule has 1 fully saturated rings. The number of benzene rings is 1. The van der Waals surface area contributed by atoms with E-state index in [9.17, 15) is 0 Å². The van der Waals surface area contributed by atoms with Crippen LogP contribution in [0.5, 0.6) is 0 Å². The third-order valence-corrected chi connectivity index (χ3v) is 11.9. The number of rotatable bonds is 1. The van der Waals surface area contributed by atoms with Crippen molar-refractivity contribution in [3.8, 4) is 0 Å². The molecule has 0 saturated carbocycles. The van der Waals surface area contributed by atoms with Gasteiger partial charge in [-0.15, -0.1) is 0 Å². The van der Waals surface area contributed by atoms with Crippen LogP contribution in [0.15, 0.2) is 53.2 Å². The molecule has 5 rings (SSSR count). The summed E-state index contributed by atoms with van der Waals surface area (Å²) in [5.74, 6) is -0.645. The van der Waals surface area contributed by atoms with Crippen molar-refractivity contribution < 1.29 is 9.47 Å². The van der Waals surface area contributed by atoms with E-state index >= 15 is 0 Å². The monoisotopic (exact) mass is 360 g/mol. The van der Waals surface area contributed by atoms with Gasteiger partial charge in [-0.3, -0.25) is 0 Å². The predicted molar refractivity (Wildman–Crippen MR) is 101 cm³/mol. The number of hydrogen-bond donors (Lipinski definition) is 0. The second-order valence-corrected chi connectivity index (χ2v) is 11.9. The van der Waals surface area contributed by atoms with E-state index in [-0.39, 0.29) is 0 Å². The Morgan fingerprint density at radius 3 is 2.00 bits per heavy atom. The van der Waals surface area contributed by atoms with Crippen LogP contribution in [-0.4, -0.2) is 19.9 Å². The molecule has 5 heteroatoms. The summed E-state index contributed by atoms with van der Waals surface area (Å²) in [6, 6.07) is 15.6. The van der Waals surface area contributed by atoms with E-state index in [2.05, 4.69) is 59.9 Å². The molecule has 23 heavy (non-hydrogen) atoms. The summed E-state index contributed by atoms with van der Waals surface area (Å²) in [6.45, 7) is 3.79. The van der Waals surface area contributed by atoms with E-state index in [1.54, 1.807) is 22.7 Å². The van der Waals surface area contributed by atoms with Gasteiger partial charge in [0.05, 0.1) is 0 Å². The Bertz CT molecular complexity index is 818. The molecule has 118 valence electrons. The fourth-order valence-corrected chi connectivity index (χ4v) is 11.5. The van der Waals surface area contributed by atoms with Gasteiger partial charge >= 0.3 is 144 Å². The molecule has 0 radical (unpaired) electrons. The van der Waals surface area contributed by atoms with Crippen molar-refractivity contribution in [1.82, 2.24) is 0 Å². The van der Waals surface area contributed by atoms with Crippen LogP contribution in [0.2, 0.25) is 0 Å². The molecule has 2 aliphatic heterocycles. The molecule has 1 saturated heterocycles. The van der Waals surface area contributed by atoms with Gasteiger partial charge in [-0.1, -0.05) is 0 Å². The second-order valence-electron chi connectivity index (χ2n) is 6.13. The zero-order valence-electron chi connectivity index (χ0n) is 12.7. The third kappa shape index (κ3) is 1.73. The molecule has 2 aliphatic rings. The molecule has 1 aromatic carbocycles.